The highest BCUT2D eigenvalue weighted by molar-refractivity contribution is 5.58. The fourth-order valence-corrected chi connectivity index (χ4v) is 5.90. The molecule has 1 aromatic rings. The largest absolute Gasteiger partial charge is 0.383 e. The first-order valence-corrected chi connectivity index (χ1v) is 10.1. The van der Waals surface area contributed by atoms with Crippen molar-refractivity contribution < 1.29 is 19.3 Å². The molecule has 0 amide bonds. The van der Waals surface area contributed by atoms with Crippen molar-refractivity contribution >= 4 is 0 Å². The number of aliphatic hydroxyl groups is 1. The molecule has 0 bridgehead atoms. The predicted molar refractivity (Wildman–Crippen MR) is 96.7 cm³/mol. The van der Waals surface area contributed by atoms with Crippen molar-refractivity contribution in [3.63, 3.8) is 0 Å². The summed E-state index contributed by atoms with van der Waals surface area (Å²) < 4.78 is 17.5. The van der Waals surface area contributed by atoms with Gasteiger partial charge in [-0.05, 0) is 30.9 Å². The van der Waals surface area contributed by atoms with E-state index in [4.69, 9.17) is 14.2 Å². The Labute approximate surface area is 155 Å². The molecule has 3 fully saturated rings. The van der Waals surface area contributed by atoms with E-state index in [1.54, 1.807) is 0 Å². The minimum atomic E-state index is -0.828. The van der Waals surface area contributed by atoms with E-state index in [0.717, 1.165) is 63.1 Å². The van der Waals surface area contributed by atoms with Crippen molar-refractivity contribution in [3.05, 3.63) is 34.9 Å². The van der Waals surface area contributed by atoms with E-state index < -0.39 is 11.4 Å². The molecule has 0 spiro atoms. The smallest absolute Gasteiger partial charge is 0.192 e. The van der Waals surface area contributed by atoms with Crippen LogP contribution in [0.2, 0.25) is 0 Å². The van der Waals surface area contributed by atoms with Crippen LogP contribution in [0.1, 0.15) is 55.7 Å². The molecule has 0 radical (unpaired) electrons. The fourth-order valence-electron chi connectivity index (χ4n) is 5.90. The number of benzene rings is 1. The molecule has 1 N–H and O–H groups in total. The second-order valence-electron chi connectivity index (χ2n) is 8.25. The third-order valence-electron chi connectivity index (χ3n) is 7.06. The standard InChI is InChI=1S/C21H29NO4/c1-19(25-14-15-26-19)16-6-5-7-17-18(16)21(23)9-4-2-3-8-20(17,21)22-10-12-24-13-11-22/h5-7,23H,2-4,8-15H2,1H3/t20-,21+/m0/s1. The number of rotatable bonds is 2. The molecule has 0 aromatic heterocycles. The van der Waals surface area contributed by atoms with Gasteiger partial charge in [0.1, 0.15) is 5.60 Å². The first-order chi connectivity index (χ1) is 12.6. The molecule has 142 valence electrons. The lowest BCUT2D eigenvalue weighted by Crippen LogP contribution is -2.69. The van der Waals surface area contributed by atoms with Gasteiger partial charge in [-0.15, -0.1) is 0 Å². The third-order valence-corrected chi connectivity index (χ3v) is 7.06. The van der Waals surface area contributed by atoms with Crippen LogP contribution in [-0.4, -0.2) is 49.5 Å². The minimum absolute atomic E-state index is 0.284. The second kappa shape index (κ2) is 6.01. The summed E-state index contributed by atoms with van der Waals surface area (Å²) in [5.74, 6) is -0.745. The van der Waals surface area contributed by atoms with Gasteiger partial charge in [0.05, 0.1) is 32.0 Å². The Bertz CT molecular complexity index is 695. The van der Waals surface area contributed by atoms with Crippen LogP contribution in [0.5, 0.6) is 0 Å². The van der Waals surface area contributed by atoms with Crippen LogP contribution < -0.4 is 0 Å². The molecule has 5 nitrogen and oxygen atoms in total. The monoisotopic (exact) mass is 359 g/mol. The molecule has 2 saturated heterocycles. The average molecular weight is 359 g/mol. The summed E-state index contributed by atoms with van der Waals surface area (Å²) in [6.45, 7) is 6.46. The van der Waals surface area contributed by atoms with Gasteiger partial charge in [-0.25, -0.2) is 0 Å². The maximum atomic E-state index is 12.1. The second-order valence-corrected chi connectivity index (χ2v) is 8.25. The van der Waals surface area contributed by atoms with Gasteiger partial charge in [0, 0.05) is 18.7 Å². The summed E-state index contributed by atoms with van der Waals surface area (Å²) in [5, 5.41) is 12.1. The van der Waals surface area contributed by atoms with E-state index in [2.05, 4.69) is 23.1 Å². The highest BCUT2D eigenvalue weighted by atomic mass is 16.7. The quantitative estimate of drug-likeness (QED) is 0.880. The van der Waals surface area contributed by atoms with Gasteiger partial charge in [0.2, 0.25) is 0 Å². The Kier molecular flexibility index (Phi) is 3.96. The van der Waals surface area contributed by atoms with Crippen molar-refractivity contribution in [3.8, 4) is 0 Å². The number of ether oxygens (including phenoxy) is 3. The van der Waals surface area contributed by atoms with Crippen LogP contribution in [0.4, 0.5) is 0 Å². The Hall–Kier alpha value is -0.980. The van der Waals surface area contributed by atoms with E-state index in [1.807, 2.05) is 6.92 Å². The zero-order chi connectivity index (χ0) is 17.8. The summed E-state index contributed by atoms with van der Waals surface area (Å²) in [4.78, 5) is 2.49. The highest BCUT2D eigenvalue weighted by Gasteiger charge is 2.66. The molecular weight excluding hydrogens is 330 g/mol. The maximum absolute atomic E-state index is 12.1. The molecule has 1 aromatic carbocycles. The van der Waals surface area contributed by atoms with E-state index in [-0.39, 0.29) is 5.54 Å². The van der Waals surface area contributed by atoms with E-state index in [9.17, 15) is 5.11 Å². The molecular formula is C21H29NO4. The zero-order valence-electron chi connectivity index (χ0n) is 15.6. The molecule has 5 heteroatoms. The summed E-state index contributed by atoms with van der Waals surface area (Å²) in [7, 11) is 0. The summed E-state index contributed by atoms with van der Waals surface area (Å²) in [6, 6.07) is 6.40. The summed E-state index contributed by atoms with van der Waals surface area (Å²) in [6.07, 6.45) is 5.23. The van der Waals surface area contributed by atoms with Crippen LogP contribution >= 0.6 is 0 Å². The van der Waals surface area contributed by atoms with Crippen molar-refractivity contribution in [2.45, 2.75) is 56.0 Å². The van der Waals surface area contributed by atoms with Crippen molar-refractivity contribution in [1.82, 2.24) is 4.90 Å². The lowest BCUT2D eigenvalue weighted by molar-refractivity contribution is -0.190. The minimum Gasteiger partial charge on any atom is -0.383 e. The van der Waals surface area contributed by atoms with Crippen molar-refractivity contribution in [1.29, 1.82) is 0 Å². The third kappa shape index (κ3) is 2.09. The van der Waals surface area contributed by atoms with E-state index >= 15 is 0 Å². The number of morpholine rings is 1. The molecule has 2 aliphatic heterocycles. The Morgan fingerprint density at radius 1 is 0.923 bits per heavy atom. The Morgan fingerprint density at radius 2 is 1.62 bits per heavy atom. The van der Waals surface area contributed by atoms with Crippen molar-refractivity contribution in [2.75, 3.05) is 39.5 Å². The fraction of sp³-hybridized carbons (Fsp3) is 0.714. The first-order valence-electron chi connectivity index (χ1n) is 10.1. The Morgan fingerprint density at radius 3 is 2.38 bits per heavy atom. The van der Waals surface area contributed by atoms with Crippen LogP contribution in [-0.2, 0) is 31.1 Å². The van der Waals surface area contributed by atoms with Gasteiger partial charge < -0.3 is 19.3 Å². The number of hydrogen-bond donors (Lipinski definition) is 1. The zero-order valence-corrected chi connectivity index (χ0v) is 15.6. The maximum Gasteiger partial charge on any atom is 0.192 e. The van der Waals surface area contributed by atoms with Gasteiger partial charge in [-0.2, -0.15) is 0 Å². The average Bonchev–Trinajstić information content (AvgIpc) is 3.06. The van der Waals surface area contributed by atoms with Crippen LogP contribution in [0.25, 0.3) is 0 Å². The number of nitrogens with zero attached hydrogens (tertiary/aromatic N) is 1. The normalized spacial score (nSPS) is 36.7. The predicted octanol–water partition coefficient (Wildman–Crippen LogP) is 2.60. The van der Waals surface area contributed by atoms with E-state index in [1.165, 1.54) is 12.0 Å². The molecule has 26 heavy (non-hydrogen) atoms. The molecule has 1 saturated carbocycles. The number of fused-ring (bicyclic) bond motifs is 4. The molecule has 2 aliphatic carbocycles. The van der Waals surface area contributed by atoms with Gasteiger partial charge in [-0.1, -0.05) is 37.5 Å². The van der Waals surface area contributed by atoms with Gasteiger partial charge in [0.15, 0.2) is 5.79 Å². The molecule has 0 unspecified atom stereocenters. The van der Waals surface area contributed by atoms with Crippen LogP contribution in [0, 0.1) is 0 Å². The first kappa shape index (κ1) is 17.1. The van der Waals surface area contributed by atoms with Gasteiger partial charge >= 0.3 is 0 Å². The molecule has 2 atom stereocenters. The summed E-state index contributed by atoms with van der Waals surface area (Å²) >= 11 is 0. The molecule has 4 aliphatic rings. The lowest BCUT2D eigenvalue weighted by atomic mass is 9.53. The lowest BCUT2D eigenvalue weighted by Gasteiger charge is -2.63. The number of hydrogen-bond acceptors (Lipinski definition) is 5. The van der Waals surface area contributed by atoms with Gasteiger partial charge in [-0.3, -0.25) is 4.90 Å². The Balaban J connectivity index is 1.67. The molecule has 5 rings (SSSR count). The van der Waals surface area contributed by atoms with Crippen LogP contribution in [0.15, 0.2) is 18.2 Å². The van der Waals surface area contributed by atoms with E-state index in [0.29, 0.717) is 13.2 Å². The topological polar surface area (TPSA) is 51.2 Å². The molecule has 2 heterocycles. The summed E-state index contributed by atoms with van der Waals surface area (Å²) in [5.41, 5.74) is 2.25. The van der Waals surface area contributed by atoms with Crippen molar-refractivity contribution in [2.24, 2.45) is 0 Å². The SMILES string of the molecule is CC1(c2cccc3c2[C@]2(O)CCCCC[C@]32N2CCOCC2)OCCO1. The highest BCUT2D eigenvalue weighted by Crippen LogP contribution is 2.64. The van der Waals surface area contributed by atoms with Crippen LogP contribution in [0.3, 0.4) is 0 Å². The van der Waals surface area contributed by atoms with Gasteiger partial charge in [0.25, 0.3) is 0 Å².